The van der Waals surface area contributed by atoms with E-state index in [-0.39, 0.29) is 11.3 Å². The highest BCUT2D eigenvalue weighted by molar-refractivity contribution is 5.77. The van der Waals surface area contributed by atoms with Gasteiger partial charge >= 0.3 is 0 Å². The van der Waals surface area contributed by atoms with Gasteiger partial charge in [0.2, 0.25) is 0 Å². The number of rotatable bonds is 4. The fourth-order valence-corrected chi connectivity index (χ4v) is 1.06. The van der Waals surface area contributed by atoms with Crippen molar-refractivity contribution >= 4 is 6.29 Å². The van der Waals surface area contributed by atoms with E-state index in [1.807, 2.05) is 0 Å². The molecule has 0 N–H and O–H groups in total. The zero-order valence-electron chi connectivity index (χ0n) is 8.04. The number of aldehydes is 1. The number of carbonyl (C=O) groups excluding carboxylic acids is 1. The van der Waals surface area contributed by atoms with E-state index in [0.29, 0.717) is 18.6 Å². The van der Waals surface area contributed by atoms with Gasteiger partial charge in [0.1, 0.15) is 5.75 Å². The molecule has 0 aliphatic rings. The third-order valence-electron chi connectivity index (χ3n) is 1.70. The second-order valence-electron chi connectivity index (χ2n) is 2.58. The molecule has 4 heteroatoms. The van der Waals surface area contributed by atoms with E-state index in [1.165, 1.54) is 19.2 Å². The van der Waals surface area contributed by atoms with Crippen LogP contribution in [0.4, 0.5) is 4.39 Å². The van der Waals surface area contributed by atoms with E-state index in [0.717, 1.165) is 0 Å². The SMILES string of the molecule is CCOc1cc(OC)cc(C=O)c1F. The van der Waals surface area contributed by atoms with Gasteiger partial charge in [0.25, 0.3) is 0 Å². The van der Waals surface area contributed by atoms with Gasteiger partial charge in [-0.25, -0.2) is 4.39 Å². The van der Waals surface area contributed by atoms with Crippen molar-refractivity contribution in [3.63, 3.8) is 0 Å². The van der Waals surface area contributed by atoms with Crippen LogP contribution in [0.15, 0.2) is 12.1 Å². The minimum atomic E-state index is -0.650. The van der Waals surface area contributed by atoms with Crippen LogP contribution < -0.4 is 9.47 Å². The Morgan fingerprint density at radius 2 is 2.21 bits per heavy atom. The molecule has 0 heterocycles. The van der Waals surface area contributed by atoms with Crippen LogP contribution in [0.1, 0.15) is 17.3 Å². The van der Waals surface area contributed by atoms with Gasteiger partial charge < -0.3 is 9.47 Å². The van der Waals surface area contributed by atoms with Crippen molar-refractivity contribution in [2.24, 2.45) is 0 Å². The highest BCUT2D eigenvalue weighted by Gasteiger charge is 2.11. The van der Waals surface area contributed by atoms with Crippen LogP contribution in [0, 0.1) is 5.82 Å². The van der Waals surface area contributed by atoms with Crippen LogP contribution in [0.2, 0.25) is 0 Å². The molecule has 0 saturated heterocycles. The molecule has 14 heavy (non-hydrogen) atoms. The first-order valence-electron chi connectivity index (χ1n) is 4.18. The fraction of sp³-hybridized carbons (Fsp3) is 0.300. The highest BCUT2D eigenvalue weighted by Crippen LogP contribution is 2.26. The summed E-state index contributed by atoms with van der Waals surface area (Å²) in [5.74, 6) is -0.214. The minimum Gasteiger partial charge on any atom is -0.497 e. The number of benzene rings is 1. The Balaban J connectivity index is 3.19. The molecule has 1 rings (SSSR count). The molecule has 0 aliphatic heterocycles. The van der Waals surface area contributed by atoms with Crippen LogP contribution in [0.3, 0.4) is 0 Å². The van der Waals surface area contributed by atoms with Crippen LogP contribution in [0.25, 0.3) is 0 Å². The second-order valence-corrected chi connectivity index (χ2v) is 2.58. The van der Waals surface area contributed by atoms with Gasteiger partial charge in [-0.3, -0.25) is 4.79 Å². The highest BCUT2D eigenvalue weighted by atomic mass is 19.1. The molecule has 0 unspecified atom stereocenters. The predicted molar refractivity (Wildman–Crippen MR) is 49.5 cm³/mol. The molecule has 0 fully saturated rings. The summed E-state index contributed by atoms with van der Waals surface area (Å²) < 4.78 is 23.3. The molecule has 0 atom stereocenters. The van der Waals surface area contributed by atoms with Crippen LogP contribution in [-0.2, 0) is 0 Å². The number of halogens is 1. The lowest BCUT2D eigenvalue weighted by Crippen LogP contribution is -1.99. The topological polar surface area (TPSA) is 35.5 Å². The lowest BCUT2D eigenvalue weighted by Gasteiger charge is -2.08. The van der Waals surface area contributed by atoms with Gasteiger partial charge in [-0.1, -0.05) is 0 Å². The molecule has 1 aromatic rings. The van der Waals surface area contributed by atoms with Gasteiger partial charge in [-0.05, 0) is 13.0 Å². The summed E-state index contributed by atoms with van der Waals surface area (Å²) in [5.41, 5.74) is -0.0622. The Hall–Kier alpha value is -1.58. The summed E-state index contributed by atoms with van der Waals surface area (Å²) in [7, 11) is 1.44. The number of hydrogen-bond acceptors (Lipinski definition) is 3. The Kier molecular flexibility index (Phi) is 3.45. The number of hydrogen-bond donors (Lipinski definition) is 0. The molecule has 0 aromatic heterocycles. The van der Waals surface area contributed by atoms with Crippen molar-refractivity contribution in [2.75, 3.05) is 13.7 Å². The summed E-state index contributed by atoms with van der Waals surface area (Å²) in [5, 5.41) is 0. The van der Waals surface area contributed by atoms with Gasteiger partial charge in [0, 0.05) is 6.07 Å². The monoisotopic (exact) mass is 198 g/mol. The van der Waals surface area contributed by atoms with Crippen LogP contribution in [0.5, 0.6) is 11.5 Å². The summed E-state index contributed by atoms with van der Waals surface area (Å²) in [4.78, 5) is 10.5. The standard InChI is InChI=1S/C10H11FO3/c1-3-14-9-5-8(13-2)4-7(6-12)10(9)11/h4-6H,3H2,1-2H3. The predicted octanol–water partition coefficient (Wildman–Crippen LogP) is 2.05. The Bertz CT molecular complexity index is 336. The normalized spacial score (nSPS) is 9.64. The van der Waals surface area contributed by atoms with E-state index in [4.69, 9.17) is 9.47 Å². The zero-order valence-corrected chi connectivity index (χ0v) is 8.04. The van der Waals surface area contributed by atoms with E-state index >= 15 is 0 Å². The molecular weight excluding hydrogens is 187 g/mol. The van der Waals surface area contributed by atoms with Crippen molar-refractivity contribution in [2.45, 2.75) is 6.92 Å². The fourth-order valence-electron chi connectivity index (χ4n) is 1.06. The molecule has 1 aromatic carbocycles. The van der Waals surface area contributed by atoms with E-state index in [9.17, 15) is 9.18 Å². The lowest BCUT2D eigenvalue weighted by molar-refractivity contribution is 0.111. The average Bonchev–Trinajstić information content (AvgIpc) is 2.21. The molecule has 76 valence electrons. The van der Waals surface area contributed by atoms with Gasteiger partial charge in [-0.2, -0.15) is 0 Å². The molecular formula is C10H11FO3. The Labute approximate surface area is 81.4 Å². The van der Waals surface area contributed by atoms with E-state index in [2.05, 4.69) is 0 Å². The van der Waals surface area contributed by atoms with Crippen molar-refractivity contribution in [1.29, 1.82) is 0 Å². The van der Waals surface area contributed by atoms with Crippen LogP contribution >= 0.6 is 0 Å². The van der Waals surface area contributed by atoms with Gasteiger partial charge in [-0.15, -0.1) is 0 Å². The van der Waals surface area contributed by atoms with Crippen molar-refractivity contribution in [1.82, 2.24) is 0 Å². The summed E-state index contributed by atoms with van der Waals surface area (Å²) >= 11 is 0. The van der Waals surface area contributed by atoms with Crippen molar-refractivity contribution < 1.29 is 18.7 Å². The second kappa shape index (κ2) is 4.60. The summed E-state index contributed by atoms with van der Waals surface area (Å²) in [6.45, 7) is 2.07. The Morgan fingerprint density at radius 1 is 1.50 bits per heavy atom. The van der Waals surface area contributed by atoms with E-state index < -0.39 is 5.82 Å². The first-order chi connectivity index (χ1) is 6.72. The van der Waals surface area contributed by atoms with E-state index in [1.54, 1.807) is 6.92 Å². The van der Waals surface area contributed by atoms with Crippen LogP contribution in [-0.4, -0.2) is 20.0 Å². The molecule has 0 radical (unpaired) electrons. The smallest absolute Gasteiger partial charge is 0.175 e. The maximum absolute atomic E-state index is 13.4. The molecule has 0 bridgehead atoms. The third kappa shape index (κ3) is 2.02. The molecule has 0 amide bonds. The third-order valence-corrected chi connectivity index (χ3v) is 1.70. The molecule has 0 spiro atoms. The van der Waals surface area contributed by atoms with Crippen molar-refractivity contribution in [3.8, 4) is 11.5 Å². The lowest BCUT2D eigenvalue weighted by atomic mass is 10.2. The summed E-state index contributed by atoms with van der Waals surface area (Å²) in [6, 6.07) is 2.73. The first-order valence-corrected chi connectivity index (χ1v) is 4.18. The molecule has 3 nitrogen and oxygen atoms in total. The number of carbonyl (C=O) groups is 1. The largest absolute Gasteiger partial charge is 0.497 e. The molecule has 0 aliphatic carbocycles. The Morgan fingerprint density at radius 3 is 2.71 bits per heavy atom. The van der Waals surface area contributed by atoms with Crippen molar-refractivity contribution in [3.05, 3.63) is 23.5 Å². The first kappa shape index (κ1) is 10.5. The summed E-state index contributed by atoms with van der Waals surface area (Å²) in [6.07, 6.45) is 0.431. The number of ether oxygens (including phenoxy) is 2. The maximum atomic E-state index is 13.4. The number of methoxy groups -OCH3 is 1. The van der Waals surface area contributed by atoms with Gasteiger partial charge in [0.15, 0.2) is 17.9 Å². The minimum absolute atomic E-state index is 0.0361. The zero-order chi connectivity index (χ0) is 10.6. The maximum Gasteiger partial charge on any atom is 0.175 e. The van der Waals surface area contributed by atoms with Gasteiger partial charge in [0.05, 0.1) is 19.3 Å². The molecule has 0 saturated carbocycles. The quantitative estimate of drug-likeness (QED) is 0.694. The average molecular weight is 198 g/mol.